The first-order valence-corrected chi connectivity index (χ1v) is 12.9. The highest BCUT2D eigenvalue weighted by Gasteiger charge is 2.21. The molecule has 12 nitrogen and oxygen atoms in total. The second-order valence-electron chi connectivity index (χ2n) is 10.4. The number of nitrogen functional groups attached to an aromatic ring is 1. The van der Waals surface area contributed by atoms with Gasteiger partial charge in [0, 0.05) is 35.6 Å². The lowest BCUT2D eigenvalue weighted by Crippen LogP contribution is -2.40. The predicted octanol–water partition coefficient (Wildman–Crippen LogP) is 4.24. The molecule has 0 bridgehead atoms. The van der Waals surface area contributed by atoms with Gasteiger partial charge in [-0.25, -0.2) is 4.79 Å². The molecule has 1 fully saturated rings. The number of nitrogens with two attached hydrogens (primary N) is 1. The number of fused-ring (bicyclic) bond motifs is 1. The molecule has 4 N–H and O–H groups in total. The number of anilines is 4. The standard InChI is InChI=1S/C28H32N8O4/c1-17-20(6-5-7-21(17)29)23-33-25(36-16-22(31-26(36)34-23)32-27(38)40-28(2,3)4)30-19-10-8-18(9-11-19)24(37)35-12-14-39-15-13-35/h5-11,16H,12-15,29H2,1-4H3,(H,32,38)(H,30,31,33,34). The van der Waals surface area contributed by atoms with Crippen molar-refractivity contribution in [3.63, 3.8) is 0 Å². The number of aromatic nitrogens is 4. The molecule has 208 valence electrons. The Balaban J connectivity index is 1.48. The van der Waals surface area contributed by atoms with E-state index in [9.17, 15) is 9.59 Å². The van der Waals surface area contributed by atoms with E-state index in [0.29, 0.717) is 60.8 Å². The molecule has 0 unspecified atom stereocenters. The molecule has 12 heteroatoms. The van der Waals surface area contributed by atoms with Crippen LogP contribution >= 0.6 is 0 Å². The summed E-state index contributed by atoms with van der Waals surface area (Å²) in [5, 5.41) is 5.94. The monoisotopic (exact) mass is 544 g/mol. The minimum Gasteiger partial charge on any atom is -0.444 e. The Hall–Kier alpha value is -4.71. The van der Waals surface area contributed by atoms with E-state index in [1.165, 1.54) is 0 Å². The topological polar surface area (TPSA) is 149 Å². The van der Waals surface area contributed by atoms with E-state index in [1.807, 2.05) is 37.3 Å². The second-order valence-corrected chi connectivity index (χ2v) is 10.4. The molecule has 0 radical (unpaired) electrons. The summed E-state index contributed by atoms with van der Waals surface area (Å²) in [6.45, 7) is 9.47. The van der Waals surface area contributed by atoms with Crippen LogP contribution in [-0.2, 0) is 9.47 Å². The number of hydrogen-bond acceptors (Lipinski definition) is 9. The molecule has 0 aliphatic carbocycles. The highest BCUT2D eigenvalue weighted by atomic mass is 16.6. The van der Waals surface area contributed by atoms with Gasteiger partial charge in [-0.3, -0.25) is 14.5 Å². The lowest BCUT2D eigenvalue weighted by Gasteiger charge is -2.26. The number of nitrogens with one attached hydrogen (secondary N) is 2. The van der Waals surface area contributed by atoms with Gasteiger partial charge >= 0.3 is 6.09 Å². The summed E-state index contributed by atoms with van der Waals surface area (Å²) < 4.78 is 12.3. The third kappa shape index (κ3) is 5.96. The number of amides is 2. The van der Waals surface area contributed by atoms with Crippen molar-refractivity contribution in [1.29, 1.82) is 0 Å². The van der Waals surface area contributed by atoms with Gasteiger partial charge < -0.3 is 25.4 Å². The van der Waals surface area contributed by atoms with E-state index < -0.39 is 11.7 Å². The molecule has 0 saturated carbocycles. The molecule has 5 rings (SSSR count). The van der Waals surface area contributed by atoms with Gasteiger partial charge in [0.2, 0.25) is 11.7 Å². The highest BCUT2D eigenvalue weighted by Crippen LogP contribution is 2.28. The van der Waals surface area contributed by atoms with Crippen LogP contribution in [0.1, 0.15) is 36.7 Å². The van der Waals surface area contributed by atoms with Gasteiger partial charge in [0.15, 0.2) is 11.6 Å². The zero-order chi connectivity index (χ0) is 28.4. The van der Waals surface area contributed by atoms with E-state index in [-0.39, 0.29) is 11.7 Å². The fourth-order valence-corrected chi connectivity index (χ4v) is 4.23. The largest absolute Gasteiger partial charge is 0.444 e. The van der Waals surface area contributed by atoms with Crippen molar-refractivity contribution in [2.75, 3.05) is 42.7 Å². The van der Waals surface area contributed by atoms with E-state index in [0.717, 1.165) is 11.1 Å². The zero-order valence-electron chi connectivity index (χ0n) is 22.9. The predicted molar refractivity (Wildman–Crippen MR) is 152 cm³/mol. The minimum absolute atomic E-state index is 0.0360. The Bertz CT molecular complexity index is 1550. The van der Waals surface area contributed by atoms with Crippen LogP contribution in [0.3, 0.4) is 0 Å². The van der Waals surface area contributed by atoms with Crippen molar-refractivity contribution in [2.45, 2.75) is 33.3 Å². The van der Waals surface area contributed by atoms with Gasteiger partial charge in [-0.2, -0.15) is 15.0 Å². The number of hydrogen-bond donors (Lipinski definition) is 3. The average molecular weight is 545 g/mol. The van der Waals surface area contributed by atoms with Gasteiger partial charge in [0.25, 0.3) is 5.91 Å². The summed E-state index contributed by atoms with van der Waals surface area (Å²) in [5.74, 6) is 1.33. The molecule has 1 aliphatic rings. The summed E-state index contributed by atoms with van der Waals surface area (Å²) in [7, 11) is 0. The molecular weight excluding hydrogens is 512 g/mol. The maximum absolute atomic E-state index is 12.8. The van der Waals surface area contributed by atoms with Crippen LogP contribution < -0.4 is 16.4 Å². The number of carbonyl (C=O) groups excluding carboxylic acids is 2. The smallest absolute Gasteiger partial charge is 0.413 e. The number of benzene rings is 2. The molecule has 4 aromatic rings. The molecule has 0 atom stereocenters. The van der Waals surface area contributed by atoms with Crippen molar-refractivity contribution < 1.29 is 19.1 Å². The number of nitrogens with zero attached hydrogens (tertiary/aromatic N) is 5. The first-order chi connectivity index (χ1) is 19.1. The van der Waals surface area contributed by atoms with Gasteiger partial charge in [-0.15, -0.1) is 0 Å². The number of imidazole rings is 1. The van der Waals surface area contributed by atoms with Crippen molar-refractivity contribution in [2.24, 2.45) is 0 Å². The highest BCUT2D eigenvalue weighted by molar-refractivity contribution is 5.94. The maximum Gasteiger partial charge on any atom is 0.413 e. The molecule has 2 amide bonds. The van der Waals surface area contributed by atoms with E-state index in [4.69, 9.17) is 20.2 Å². The molecular formula is C28H32N8O4. The third-order valence-electron chi connectivity index (χ3n) is 6.27. The molecule has 1 aliphatic heterocycles. The van der Waals surface area contributed by atoms with Crippen molar-refractivity contribution in [3.8, 4) is 11.4 Å². The maximum atomic E-state index is 12.8. The first-order valence-electron chi connectivity index (χ1n) is 12.9. The number of rotatable bonds is 5. The van der Waals surface area contributed by atoms with E-state index >= 15 is 0 Å². The summed E-state index contributed by atoms with van der Waals surface area (Å²) in [6.07, 6.45) is 0.972. The molecule has 0 spiro atoms. The van der Waals surface area contributed by atoms with E-state index in [1.54, 1.807) is 48.4 Å². The Labute approximate surface area is 231 Å². The molecule has 40 heavy (non-hydrogen) atoms. The van der Waals surface area contributed by atoms with Gasteiger partial charge in [-0.1, -0.05) is 12.1 Å². The number of ether oxygens (including phenoxy) is 2. The average Bonchev–Trinajstić information content (AvgIpc) is 3.32. The van der Waals surface area contributed by atoms with Crippen LogP contribution in [0.25, 0.3) is 17.2 Å². The summed E-state index contributed by atoms with van der Waals surface area (Å²) in [4.78, 5) is 40.9. The fraction of sp³-hybridized carbons (Fsp3) is 0.321. The Morgan fingerprint density at radius 1 is 1.02 bits per heavy atom. The van der Waals surface area contributed by atoms with Gasteiger partial charge in [-0.05, 0) is 63.6 Å². The molecule has 3 heterocycles. The zero-order valence-corrected chi connectivity index (χ0v) is 22.9. The normalized spacial score (nSPS) is 13.8. The van der Waals surface area contributed by atoms with Crippen LogP contribution in [0.4, 0.5) is 27.9 Å². The van der Waals surface area contributed by atoms with Crippen LogP contribution in [0, 0.1) is 6.92 Å². The Morgan fingerprint density at radius 3 is 2.45 bits per heavy atom. The summed E-state index contributed by atoms with van der Waals surface area (Å²) in [5.41, 5.74) is 8.97. The molecule has 2 aromatic carbocycles. The lowest BCUT2D eigenvalue weighted by molar-refractivity contribution is 0.0303. The number of morpholine rings is 1. The van der Waals surface area contributed by atoms with Gasteiger partial charge in [0.1, 0.15) is 5.60 Å². The fourth-order valence-electron chi connectivity index (χ4n) is 4.23. The molecule has 1 saturated heterocycles. The lowest BCUT2D eigenvalue weighted by atomic mass is 10.1. The van der Waals surface area contributed by atoms with Crippen molar-refractivity contribution in [3.05, 3.63) is 59.8 Å². The third-order valence-corrected chi connectivity index (χ3v) is 6.27. The van der Waals surface area contributed by atoms with Gasteiger partial charge in [0.05, 0.1) is 19.4 Å². The van der Waals surface area contributed by atoms with Crippen LogP contribution in [-0.4, -0.2) is 68.2 Å². The minimum atomic E-state index is -0.664. The quantitative estimate of drug-likeness (QED) is 0.314. The SMILES string of the molecule is Cc1c(N)cccc1-c1nc(Nc2ccc(C(=O)N3CCOCC3)cc2)n2cc(NC(=O)OC(C)(C)C)nc2n1. The Morgan fingerprint density at radius 2 is 1.75 bits per heavy atom. The summed E-state index contributed by atoms with van der Waals surface area (Å²) in [6, 6.07) is 12.7. The van der Waals surface area contributed by atoms with Crippen LogP contribution in [0.5, 0.6) is 0 Å². The molecule has 2 aromatic heterocycles. The van der Waals surface area contributed by atoms with Crippen LogP contribution in [0.2, 0.25) is 0 Å². The van der Waals surface area contributed by atoms with E-state index in [2.05, 4.69) is 20.6 Å². The summed E-state index contributed by atoms with van der Waals surface area (Å²) >= 11 is 0. The Kier molecular flexibility index (Phi) is 7.26. The van der Waals surface area contributed by atoms with Crippen molar-refractivity contribution in [1.82, 2.24) is 24.3 Å². The van der Waals surface area contributed by atoms with Crippen LogP contribution in [0.15, 0.2) is 48.7 Å². The van der Waals surface area contributed by atoms with Crippen molar-refractivity contribution >= 4 is 40.9 Å². The first kappa shape index (κ1) is 26.9. The second kappa shape index (κ2) is 10.8. The number of carbonyl (C=O) groups is 2.